The Kier molecular flexibility index (Phi) is 3.62. The molecular weight excluding hydrogens is 318 g/mol. The number of carbonyl (C=O) groups excluding carboxylic acids is 1. The molecule has 128 valence electrons. The van der Waals surface area contributed by atoms with Gasteiger partial charge in [0.05, 0.1) is 1.37 Å². The number of amides is 1. The second kappa shape index (κ2) is 6.24. The Hall–Kier alpha value is -2.82. The largest absolute Gasteiger partial charge is 0.480 e. The molecule has 1 N–H and O–H groups in total. The molecular formula is C20H19NO4. The van der Waals surface area contributed by atoms with Gasteiger partial charge in [-0.05, 0) is 35.1 Å². The van der Waals surface area contributed by atoms with Crippen molar-refractivity contribution < 1.29 is 20.8 Å². The van der Waals surface area contributed by atoms with E-state index in [1.807, 2.05) is 48.5 Å². The van der Waals surface area contributed by atoms with Crippen LogP contribution in [0, 0.1) is 0 Å². The van der Waals surface area contributed by atoms with Crippen molar-refractivity contribution in [1.29, 1.82) is 0 Å². The number of benzene rings is 2. The molecule has 1 atom stereocenters. The van der Waals surface area contributed by atoms with E-state index in [9.17, 15) is 9.59 Å². The molecule has 0 spiro atoms. The second-order valence-electron chi connectivity index (χ2n) is 6.42. The fourth-order valence-corrected chi connectivity index (χ4v) is 3.41. The van der Waals surface area contributed by atoms with Gasteiger partial charge in [-0.3, -0.25) is 9.69 Å². The van der Waals surface area contributed by atoms with Crippen LogP contribution < -0.4 is 0 Å². The van der Waals surface area contributed by atoms with Crippen LogP contribution in [0.25, 0.3) is 11.1 Å². The Bertz CT molecular complexity index is 819. The summed E-state index contributed by atoms with van der Waals surface area (Å²) in [6.45, 7) is -1.53. The van der Waals surface area contributed by atoms with E-state index >= 15 is 0 Å². The number of carboxylic acid groups (broad SMARTS) is 1. The predicted octanol–water partition coefficient (Wildman–Crippen LogP) is 3.48. The topological polar surface area (TPSA) is 66.8 Å². The van der Waals surface area contributed by atoms with Crippen LogP contribution in [0.15, 0.2) is 48.5 Å². The lowest BCUT2D eigenvalue weighted by Gasteiger charge is -2.21. The molecule has 0 radical (unpaired) electrons. The Morgan fingerprint density at radius 2 is 1.64 bits per heavy atom. The smallest absolute Gasteiger partial charge is 0.410 e. The van der Waals surface area contributed by atoms with Gasteiger partial charge in [-0.15, -0.1) is 0 Å². The van der Waals surface area contributed by atoms with Gasteiger partial charge in [0.25, 0.3) is 0 Å². The van der Waals surface area contributed by atoms with Gasteiger partial charge in [-0.1, -0.05) is 48.5 Å². The zero-order chi connectivity index (χ0) is 18.3. The lowest BCUT2D eigenvalue weighted by atomic mass is 9.98. The molecule has 5 nitrogen and oxygen atoms in total. The molecule has 2 aromatic carbocycles. The van der Waals surface area contributed by atoms with Crippen LogP contribution in [-0.4, -0.2) is 41.2 Å². The van der Waals surface area contributed by atoms with Gasteiger partial charge in [0, 0.05) is 12.0 Å². The van der Waals surface area contributed by atoms with Crippen LogP contribution in [0.4, 0.5) is 4.79 Å². The van der Waals surface area contributed by atoms with Gasteiger partial charge in [0.1, 0.15) is 13.1 Å². The summed E-state index contributed by atoms with van der Waals surface area (Å²) in [5.74, 6) is -1.45. The number of fused-ring (bicyclic) bond motifs is 3. The molecule has 2 aliphatic rings. The number of nitrogens with zero attached hydrogens (tertiary/aromatic N) is 1. The first-order valence-electron chi connectivity index (χ1n) is 8.93. The van der Waals surface area contributed by atoms with Crippen molar-refractivity contribution in [2.45, 2.75) is 24.8 Å². The molecule has 25 heavy (non-hydrogen) atoms. The molecule has 0 bridgehead atoms. The maximum absolute atomic E-state index is 12.5. The van der Waals surface area contributed by atoms with Crippen molar-refractivity contribution in [2.75, 3.05) is 13.1 Å². The molecule has 0 heterocycles. The Morgan fingerprint density at radius 3 is 2.16 bits per heavy atom. The van der Waals surface area contributed by atoms with E-state index in [1.54, 1.807) is 0 Å². The van der Waals surface area contributed by atoms with E-state index in [4.69, 9.17) is 11.2 Å². The van der Waals surface area contributed by atoms with Gasteiger partial charge in [0.15, 0.2) is 0 Å². The highest BCUT2D eigenvalue weighted by Crippen LogP contribution is 2.44. The normalized spacial score (nSPS) is 17.2. The van der Waals surface area contributed by atoms with Gasteiger partial charge < -0.3 is 9.84 Å². The molecule has 1 unspecified atom stereocenters. The first-order chi connectivity index (χ1) is 12.6. The summed E-state index contributed by atoms with van der Waals surface area (Å²) in [5, 5.41) is 9.02. The molecule has 1 fully saturated rings. The lowest BCUT2D eigenvalue weighted by Crippen LogP contribution is -2.38. The van der Waals surface area contributed by atoms with E-state index < -0.39 is 25.2 Å². The maximum atomic E-state index is 12.5. The SMILES string of the molecule is [2H]C(OC(=O)N(CC(=O)O)C1CC1)C1c2ccccc2-c2ccccc21. The second-order valence-corrected chi connectivity index (χ2v) is 6.42. The summed E-state index contributed by atoms with van der Waals surface area (Å²) >= 11 is 0. The summed E-state index contributed by atoms with van der Waals surface area (Å²) in [4.78, 5) is 24.7. The monoisotopic (exact) mass is 338 g/mol. The van der Waals surface area contributed by atoms with Crippen molar-refractivity contribution in [2.24, 2.45) is 0 Å². The maximum Gasteiger partial charge on any atom is 0.410 e. The van der Waals surface area contributed by atoms with E-state index in [2.05, 4.69) is 0 Å². The molecule has 0 aliphatic heterocycles. The van der Waals surface area contributed by atoms with Crippen LogP contribution in [0.1, 0.15) is 31.3 Å². The van der Waals surface area contributed by atoms with Crippen molar-refractivity contribution >= 4 is 12.1 Å². The summed E-state index contributed by atoms with van der Waals surface area (Å²) < 4.78 is 13.9. The zero-order valence-corrected chi connectivity index (χ0v) is 13.6. The quantitative estimate of drug-likeness (QED) is 0.906. The third-order valence-corrected chi connectivity index (χ3v) is 4.71. The van der Waals surface area contributed by atoms with Gasteiger partial charge >= 0.3 is 12.1 Å². The molecule has 2 aliphatic carbocycles. The summed E-state index contributed by atoms with van der Waals surface area (Å²) in [6.07, 6.45) is 0.831. The summed E-state index contributed by atoms with van der Waals surface area (Å²) in [7, 11) is 0. The van der Waals surface area contributed by atoms with Crippen molar-refractivity contribution in [3.8, 4) is 11.1 Å². The fraction of sp³-hybridized carbons (Fsp3) is 0.300. The highest BCUT2D eigenvalue weighted by molar-refractivity contribution is 5.80. The molecule has 1 saturated carbocycles. The van der Waals surface area contributed by atoms with E-state index in [0.29, 0.717) is 0 Å². The molecule has 0 saturated heterocycles. The van der Waals surface area contributed by atoms with E-state index in [1.165, 1.54) is 4.90 Å². The first kappa shape index (κ1) is 14.5. The third kappa shape index (κ3) is 2.97. The van der Waals surface area contributed by atoms with Crippen LogP contribution in [0.3, 0.4) is 0 Å². The van der Waals surface area contributed by atoms with Crippen LogP contribution in [0.5, 0.6) is 0 Å². The van der Waals surface area contributed by atoms with Crippen molar-refractivity contribution in [3.63, 3.8) is 0 Å². The molecule has 4 rings (SSSR count). The minimum Gasteiger partial charge on any atom is -0.480 e. The van der Waals surface area contributed by atoms with E-state index in [-0.39, 0.29) is 12.0 Å². The van der Waals surface area contributed by atoms with Crippen molar-refractivity contribution in [3.05, 3.63) is 59.7 Å². The van der Waals surface area contributed by atoms with Gasteiger partial charge in [-0.25, -0.2) is 4.79 Å². The van der Waals surface area contributed by atoms with Gasteiger partial charge in [-0.2, -0.15) is 0 Å². The number of rotatable bonds is 5. The number of hydrogen-bond donors (Lipinski definition) is 1. The highest BCUT2D eigenvalue weighted by Gasteiger charge is 2.36. The molecule has 2 aromatic rings. The Morgan fingerprint density at radius 1 is 1.08 bits per heavy atom. The standard InChI is InChI=1S/C20H19NO4/c22-19(23)11-21(13-9-10-13)20(24)25-12-18-16-7-3-1-5-14(16)15-6-2-4-8-17(15)18/h1-8,13,18H,9-12H2,(H,22,23)/i12D. The molecule has 1 amide bonds. The van der Waals surface area contributed by atoms with Crippen LogP contribution in [-0.2, 0) is 9.53 Å². The average molecular weight is 338 g/mol. The molecule has 0 aromatic heterocycles. The average Bonchev–Trinajstić information content (AvgIpc) is 3.40. The highest BCUT2D eigenvalue weighted by atomic mass is 16.6. The first-order valence-corrected chi connectivity index (χ1v) is 8.36. The summed E-state index contributed by atoms with van der Waals surface area (Å²) in [6, 6.07) is 15.5. The number of carboxylic acids is 1. The van der Waals surface area contributed by atoms with Crippen molar-refractivity contribution in [1.82, 2.24) is 4.90 Å². The Labute approximate surface area is 147 Å². The number of carbonyl (C=O) groups is 2. The minimum atomic E-state index is -1.14. The van der Waals surface area contributed by atoms with Gasteiger partial charge in [0.2, 0.25) is 0 Å². The fourth-order valence-electron chi connectivity index (χ4n) is 3.41. The minimum absolute atomic E-state index is 0.0889. The number of aliphatic carboxylic acids is 1. The predicted molar refractivity (Wildman–Crippen MR) is 92.4 cm³/mol. The lowest BCUT2D eigenvalue weighted by molar-refractivity contribution is -0.138. The van der Waals surface area contributed by atoms with E-state index in [0.717, 1.165) is 35.1 Å². The number of ether oxygens (including phenoxy) is 1. The Balaban J connectivity index is 1.59. The third-order valence-electron chi connectivity index (χ3n) is 4.71. The van der Waals surface area contributed by atoms with Crippen LogP contribution in [0.2, 0.25) is 0 Å². The molecule has 5 heteroatoms. The number of hydrogen-bond acceptors (Lipinski definition) is 3. The zero-order valence-electron chi connectivity index (χ0n) is 14.6. The van der Waals surface area contributed by atoms with Crippen LogP contribution >= 0.6 is 0 Å². The summed E-state index contributed by atoms with van der Waals surface area (Å²) in [5.41, 5.74) is 4.01.